The van der Waals surface area contributed by atoms with Gasteiger partial charge < -0.3 is 44.0 Å². The second-order valence-corrected chi connectivity index (χ2v) is 16.2. The summed E-state index contributed by atoms with van der Waals surface area (Å²) in [7, 11) is 3.08. The normalized spacial score (nSPS) is 40.1. The number of carbonyl (C=O) groups excluding carboxylic acids is 2. The molecule has 4 heterocycles. The third kappa shape index (κ3) is 7.80. The zero-order chi connectivity index (χ0) is 38.9. The van der Waals surface area contributed by atoms with E-state index in [0.29, 0.717) is 65.7 Å². The standard InChI is InChI=1S/C43H59NO10/c1-9-24(2)38-27(5)17-18-42(54-38)22-32-21-31(53-42)15-13-26(4)36(44-40(46)29-14-16-34(49-7)35(20-29)50-8)25(3)11-10-12-30-23-51-39-37(45)28(6)19-33(41(47)52-32)43(30,39)48/h10-14,16,19-20,24-25,27,31-33,36-39,45,48H,9,15,17-18,21-23H2,1-8H3,(H,44,46)/b11-10+,26-13+,30-12+/t24-,25-,27-,31+,32-,33-,36+,37+,38+,39+,42+,43+/m0/s1. The molecule has 1 amide bonds. The van der Waals surface area contributed by atoms with Crippen molar-refractivity contribution in [1.82, 2.24) is 5.32 Å². The van der Waals surface area contributed by atoms with Crippen molar-refractivity contribution in [2.24, 2.45) is 23.7 Å². The molecule has 0 unspecified atom stereocenters. The van der Waals surface area contributed by atoms with Crippen LogP contribution < -0.4 is 14.8 Å². The summed E-state index contributed by atoms with van der Waals surface area (Å²) in [6.07, 6.45) is 10.1. The van der Waals surface area contributed by atoms with Gasteiger partial charge in [0.1, 0.15) is 29.8 Å². The second kappa shape index (κ2) is 16.3. The van der Waals surface area contributed by atoms with Crippen molar-refractivity contribution in [3.05, 3.63) is 70.9 Å². The summed E-state index contributed by atoms with van der Waals surface area (Å²) in [6.45, 7) is 12.4. The Morgan fingerprint density at radius 1 is 1.09 bits per heavy atom. The van der Waals surface area contributed by atoms with Crippen molar-refractivity contribution in [3.63, 3.8) is 0 Å². The molecule has 1 aromatic rings. The molecule has 12 atom stereocenters. The number of aliphatic hydroxyl groups excluding tert-OH is 1. The molecule has 0 saturated carbocycles. The first-order valence-corrected chi connectivity index (χ1v) is 19.6. The van der Waals surface area contributed by atoms with Gasteiger partial charge in [-0.3, -0.25) is 9.59 Å². The van der Waals surface area contributed by atoms with Crippen molar-refractivity contribution >= 4 is 11.9 Å². The Balaban J connectivity index is 1.39. The molecule has 2 bridgehead atoms. The van der Waals surface area contributed by atoms with Crippen LogP contribution in [0, 0.1) is 23.7 Å². The Morgan fingerprint density at radius 2 is 1.85 bits per heavy atom. The van der Waals surface area contributed by atoms with E-state index in [1.807, 2.05) is 26.0 Å². The maximum atomic E-state index is 14.2. The summed E-state index contributed by atoms with van der Waals surface area (Å²) in [5.74, 6) is -1.41. The highest BCUT2D eigenvalue weighted by molar-refractivity contribution is 5.95. The number of hydrogen-bond donors (Lipinski definition) is 3. The first kappa shape index (κ1) is 40.2. The van der Waals surface area contributed by atoms with E-state index in [1.165, 1.54) is 7.11 Å². The van der Waals surface area contributed by atoms with Crippen molar-refractivity contribution in [2.45, 2.75) is 128 Å². The molecular formula is C43H59NO10. The van der Waals surface area contributed by atoms with Crippen molar-refractivity contribution < 1.29 is 48.2 Å². The molecular weight excluding hydrogens is 690 g/mol. The lowest BCUT2D eigenvalue weighted by atomic mass is 9.71. The molecule has 1 aromatic carbocycles. The number of ether oxygens (including phenoxy) is 6. The van der Waals surface area contributed by atoms with Crippen LogP contribution in [-0.2, 0) is 23.7 Å². The number of fused-ring (bicyclic) bond motifs is 2. The van der Waals surface area contributed by atoms with Crippen LogP contribution in [0.2, 0.25) is 0 Å². The minimum absolute atomic E-state index is 0.00647. The molecule has 3 N–H and O–H groups in total. The van der Waals surface area contributed by atoms with Gasteiger partial charge in [-0.15, -0.1) is 0 Å². The van der Waals surface area contributed by atoms with Crippen LogP contribution in [0.3, 0.4) is 0 Å². The highest BCUT2D eigenvalue weighted by Crippen LogP contribution is 2.48. The van der Waals surface area contributed by atoms with Gasteiger partial charge in [0.15, 0.2) is 17.3 Å². The van der Waals surface area contributed by atoms with Crippen LogP contribution in [0.25, 0.3) is 0 Å². The number of carbonyl (C=O) groups is 2. The second-order valence-electron chi connectivity index (χ2n) is 16.2. The summed E-state index contributed by atoms with van der Waals surface area (Å²) < 4.78 is 37.0. The predicted molar refractivity (Wildman–Crippen MR) is 203 cm³/mol. The zero-order valence-corrected chi connectivity index (χ0v) is 33.0. The van der Waals surface area contributed by atoms with Gasteiger partial charge in [0, 0.05) is 24.8 Å². The summed E-state index contributed by atoms with van der Waals surface area (Å²) in [6, 6.07) is 4.65. The van der Waals surface area contributed by atoms with Crippen molar-refractivity contribution in [3.8, 4) is 11.5 Å². The molecule has 11 heteroatoms. The van der Waals surface area contributed by atoms with E-state index in [-0.39, 0.29) is 30.6 Å². The van der Waals surface area contributed by atoms with Crippen molar-refractivity contribution in [2.75, 3.05) is 20.8 Å². The Labute approximate surface area is 319 Å². The Hall–Kier alpha value is -3.48. The molecule has 296 valence electrons. The minimum Gasteiger partial charge on any atom is -0.493 e. The fraction of sp³-hybridized carbons (Fsp3) is 0.628. The van der Waals surface area contributed by atoms with E-state index >= 15 is 0 Å². The fourth-order valence-electron chi connectivity index (χ4n) is 9.01. The Morgan fingerprint density at radius 3 is 2.57 bits per heavy atom. The van der Waals surface area contributed by atoms with Crippen molar-refractivity contribution in [1.29, 1.82) is 0 Å². The molecule has 54 heavy (non-hydrogen) atoms. The highest BCUT2D eigenvalue weighted by Gasteiger charge is 2.60. The van der Waals surface area contributed by atoms with Gasteiger partial charge in [-0.25, -0.2) is 0 Å². The number of esters is 1. The minimum atomic E-state index is -1.82. The zero-order valence-electron chi connectivity index (χ0n) is 33.0. The van der Waals surface area contributed by atoms with E-state index in [2.05, 4.69) is 32.2 Å². The summed E-state index contributed by atoms with van der Waals surface area (Å²) in [5, 5.41) is 26.8. The Bertz CT molecular complexity index is 1680. The van der Waals surface area contributed by atoms with Crippen LogP contribution in [0.1, 0.15) is 90.4 Å². The topological polar surface area (TPSA) is 142 Å². The van der Waals surface area contributed by atoms with E-state index < -0.39 is 47.6 Å². The van der Waals surface area contributed by atoms with E-state index in [1.54, 1.807) is 44.4 Å². The molecule has 3 fully saturated rings. The van der Waals surface area contributed by atoms with Gasteiger partial charge in [0.05, 0.1) is 39.1 Å². The van der Waals surface area contributed by atoms with E-state index in [9.17, 15) is 19.8 Å². The van der Waals surface area contributed by atoms with Crippen LogP contribution in [0.5, 0.6) is 11.5 Å². The quantitative estimate of drug-likeness (QED) is 0.235. The molecule has 3 saturated heterocycles. The third-order valence-corrected chi connectivity index (χ3v) is 12.5. The lowest BCUT2D eigenvalue weighted by Gasteiger charge is -2.51. The first-order chi connectivity index (χ1) is 25.7. The summed E-state index contributed by atoms with van der Waals surface area (Å²) in [5.41, 5.74) is 0.551. The number of aliphatic hydroxyl groups is 2. The molecule has 0 radical (unpaired) electrons. The largest absolute Gasteiger partial charge is 0.493 e. The SMILES string of the molecule is CC[C@H](C)[C@H]1O[C@]2(CC[C@@H]1C)C[C@@H]1C[C@@H](C/C=C(\C)[C@H](NC(=O)c3ccc(OC)c(OC)c3)[C@@H](C)/C=C/C=C3\CO[C@@H]4[C@H](O)C(C)=C[C@@H](C(=O)O1)[C@]34O)O2. The molecule has 4 aliphatic heterocycles. The highest BCUT2D eigenvalue weighted by atomic mass is 16.7. The summed E-state index contributed by atoms with van der Waals surface area (Å²) >= 11 is 0. The van der Waals surface area contributed by atoms with Crippen LogP contribution in [-0.4, -0.2) is 90.9 Å². The van der Waals surface area contributed by atoms with Crippen LogP contribution >= 0.6 is 0 Å². The monoisotopic (exact) mass is 749 g/mol. The number of methoxy groups -OCH3 is 2. The molecule has 5 aliphatic rings. The van der Waals surface area contributed by atoms with Gasteiger partial charge >= 0.3 is 5.97 Å². The molecule has 6 rings (SSSR count). The predicted octanol–water partition coefficient (Wildman–Crippen LogP) is 5.99. The lowest BCUT2D eigenvalue weighted by Crippen LogP contribution is -2.58. The number of hydrogen-bond acceptors (Lipinski definition) is 10. The number of allylic oxidation sites excluding steroid dienone is 2. The lowest BCUT2D eigenvalue weighted by molar-refractivity contribution is -0.340. The van der Waals surface area contributed by atoms with Crippen LogP contribution in [0.15, 0.2) is 65.3 Å². The van der Waals surface area contributed by atoms with E-state index in [4.69, 9.17) is 28.4 Å². The summed E-state index contributed by atoms with van der Waals surface area (Å²) in [4.78, 5) is 28.0. The smallest absolute Gasteiger partial charge is 0.316 e. The third-order valence-electron chi connectivity index (χ3n) is 12.5. The average Bonchev–Trinajstić information content (AvgIpc) is 3.50. The van der Waals surface area contributed by atoms with Gasteiger partial charge in [-0.05, 0) is 73.8 Å². The molecule has 0 aromatic heterocycles. The number of benzene rings is 1. The molecule has 1 spiro atoms. The number of rotatable bonds is 6. The van der Waals surface area contributed by atoms with Gasteiger partial charge in [-0.2, -0.15) is 0 Å². The number of amides is 1. The van der Waals surface area contributed by atoms with Gasteiger partial charge in [0.25, 0.3) is 5.91 Å². The number of nitrogens with one attached hydrogen (secondary N) is 1. The first-order valence-electron chi connectivity index (χ1n) is 19.6. The van der Waals surface area contributed by atoms with Gasteiger partial charge in [0.2, 0.25) is 0 Å². The average molecular weight is 750 g/mol. The maximum Gasteiger partial charge on any atom is 0.316 e. The van der Waals surface area contributed by atoms with E-state index in [0.717, 1.165) is 18.4 Å². The molecule has 11 nitrogen and oxygen atoms in total. The fourth-order valence-corrected chi connectivity index (χ4v) is 9.01. The van der Waals surface area contributed by atoms with Gasteiger partial charge in [-0.1, -0.05) is 70.1 Å². The Kier molecular flexibility index (Phi) is 12.1. The maximum absolute atomic E-state index is 14.2. The molecule has 1 aliphatic carbocycles. The van der Waals surface area contributed by atoms with Crippen LogP contribution in [0.4, 0.5) is 0 Å².